The van der Waals surface area contributed by atoms with E-state index in [2.05, 4.69) is 18.4 Å². The van der Waals surface area contributed by atoms with Gasteiger partial charge in [-0.2, -0.15) is 5.10 Å². The molecule has 3 aromatic rings. The van der Waals surface area contributed by atoms with E-state index in [1.54, 1.807) is 26.0 Å². The van der Waals surface area contributed by atoms with Gasteiger partial charge in [0.1, 0.15) is 5.75 Å². The minimum absolute atomic E-state index is 0.110. The summed E-state index contributed by atoms with van der Waals surface area (Å²) in [5.41, 5.74) is 4.69. The van der Waals surface area contributed by atoms with Gasteiger partial charge < -0.3 is 19.7 Å². The monoisotopic (exact) mass is 532 g/mol. The standard InChI is InChI=1S/C31H40N4O4/c1-5-39-29(36)18-19-34(3)31(37)24-14-16-25(17-15-24)32-30(23-10-7-6-8-11-23)28-21-35(33-22(28)2)26-12-9-13-27(20-26)38-4/h9,12-17,20-21,23,30,32H,5-8,10-11,18-19H2,1-4H3. The SMILES string of the molecule is CCOC(=O)CCN(C)C(=O)c1ccc(NC(c2cn(-c3cccc(OC)c3)nc2C)C2CCCCC2)cc1. The molecule has 4 rings (SSSR count). The lowest BCUT2D eigenvalue weighted by molar-refractivity contribution is -0.143. The van der Waals surface area contributed by atoms with Crippen LogP contribution in [-0.4, -0.2) is 53.9 Å². The quantitative estimate of drug-likeness (QED) is 0.307. The van der Waals surface area contributed by atoms with Crippen LogP contribution in [0.2, 0.25) is 0 Å². The van der Waals surface area contributed by atoms with Crippen LogP contribution in [0.1, 0.15) is 73.1 Å². The Hall–Kier alpha value is -3.81. The van der Waals surface area contributed by atoms with Gasteiger partial charge in [0.15, 0.2) is 0 Å². The lowest BCUT2D eigenvalue weighted by Crippen LogP contribution is -2.29. The number of rotatable bonds is 11. The zero-order valence-electron chi connectivity index (χ0n) is 23.5. The molecule has 1 aromatic heterocycles. The molecule has 1 saturated carbocycles. The second-order valence-corrected chi connectivity index (χ2v) is 10.2. The smallest absolute Gasteiger partial charge is 0.307 e. The summed E-state index contributed by atoms with van der Waals surface area (Å²) in [6.07, 6.45) is 8.40. The van der Waals surface area contributed by atoms with Crippen LogP contribution in [0.5, 0.6) is 5.75 Å². The summed E-state index contributed by atoms with van der Waals surface area (Å²) >= 11 is 0. The number of aryl methyl sites for hydroxylation is 1. The normalized spacial score (nSPS) is 14.5. The molecular weight excluding hydrogens is 492 g/mol. The number of esters is 1. The molecule has 39 heavy (non-hydrogen) atoms. The van der Waals surface area contributed by atoms with Crippen LogP contribution in [0.15, 0.2) is 54.7 Å². The summed E-state index contributed by atoms with van der Waals surface area (Å²) in [5, 5.41) is 8.63. The number of nitrogens with zero attached hydrogens (tertiary/aromatic N) is 3. The summed E-state index contributed by atoms with van der Waals surface area (Å²) in [6.45, 7) is 4.50. The molecule has 2 aromatic carbocycles. The van der Waals surface area contributed by atoms with Gasteiger partial charge in [-0.25, -0.2) is 4.68 Å². The molecule has 1 fully saturated rings. The Morgan fingerprint density at radius 1 is 1.13 bits per heavy atom. The molecule has 1 heterocycles. The van der Waals surface area contributed by atoms with E-state index < -0.39 is 0 Å². The topological polar surface area (TPSA) is 85.7 Å². The number of nitrogens with one attached hydrogen (secondary N) is 1. The van der Waals surface area contributed by atoms with Gasteiger partial charge >= 0.3 is 5.97 Å². The van der Waals surface area contributed by atoms with Gasteiger partial charge in [0.05, 0.1) is 37.6 Å². The van der Waals surface area contributed by atoms with Crippen LogP contribution >= 0.6 is 0 Å². The van der Waals surface area contributed by atoms with E-state index in [0.717, 1.165) is 22.8 Å². The average Bonchev–Trinajstić information content (AvgIpc) is 3.36. The Kier molecular flexibility index (Phi) is 9.63. The molecule has 1 atom stereocenters. The van der Waals surface area contributed by atoms with Crippen LogP contribution in [0.3, 0.4) is 0 Å². The second-order valence-electron chi connectivity index (χ2n) is 10.2. The first-order valence-electron chi connectivity index (χ1n) is 13.9. The Bertz CT molecular complexity index is 1250. The molecule has 0 saturated heterocycles. The van der Waals surface area contributed by atoms with Gasteiger partial charge in [-0.3, -0.25) is 9.59 Å². The molecule has 208 valence electrons. The van der Waals surface area contributed by atoms with Gasteiger partial charge in [-0.05, 0) is 69.0 Å². The third-order valence-electron chi connectivity index (χ3n) is 7.47. The van der Waals surface area contributed by atoms with E-state index in [1.807, 2.05) is 53.2 Å². The number of methoxy groups -OCH3 is 1. The molecule has 0 spiro atoms. The molecular formula is C31H40N4O4. The molecule has 1 N–H and O–H groups in total. The van der Waals surface area contributed by atoms with E-state index >= 15 is 0 Å². The number of benzene rings is 2. The van der Waals surface area contributed by atoms with E-state index in [1.165, 1.54) is 37.7 Å². The van der Waals surface area contributed by atoms with Crippen LogP contribution < -0.4 is 10.1 Å². The zero-order chi connectivity index (χ0) is 27.8. The fraction of sp³-hybridized carbons (Fsp3) is 0.452. The largest absolute Gasteiger partial charge is 0.497 e. The number of aromatic nitrogens is 2. The van der Waals surface area contributed by atoms with Crippen molar-refractivity contribution in [3.05, 3.63) is 71.5 Å². The molecule has 8 heteroatoms. The highest BCUT2D eigenvalue weighted by molar-refractivity contribution is 5.94. The van der Waals surface area contributed by atoms with Gasteiger partial charge in [0.2, 0.25) is 0 Å². The van der Waals surface area contributed by atoms with E-state index in [4.69, 9.17) is 14.6 Å². The number of carbonyl (C=O) groups excluding carboxylic acids is 2. The van der Waals surface area contributed by atoms with Gasteiger partial charge in [-0.15, -0.1) is 0 Å². The third-order valence-corrected chi connectivity index (χ3v) is 7.47. The Labute approximate surface area is 231 Å². The van der Waals surface area contributed by atoms with Gasteiger partial charge in [0.25, 0.3) is 5.91 Å². The van der Waals surface area contributed by atoms with E-state index in [0.29, 0.717) is 24.6 Å². The van der Waals surface area contributed by atoms with Crippen molar-refractivity contribution in [2.45, 2.75) is 58.4 Å². The fourth-order valence-electron chi connectivity index (χ4n) is 5.28. The summed E-state index contributed by atoms with van der Waals surface area (Å²) in [4.78, 5) is 26.1. The predicted molar refractivity (Wildman–Crippen MR) is 152 cm³/mol. The Morgan fingerprint density at radius 3 is 2.56 bits per heavy atom. The summed E-state index contributed by atoms with van der Waals surface area (Å²) in [7, 11) is 3.37. The number of ether oxygens (including phenoxy) is 2. The molecule has 0 radical (unpaired) electrons. The number of amides is 1. The first-order valence-corrected chi connectivity index (χ1v) is 13.9. The molecule has 1 unspecified atom stereocenters. The summed E-state index contributed by atoms with van der Waals surface area (Å²) in [5.74, 6) is 0.876. The molecule has 1 aliphatic rings. The number of carbonyl (C=O) groups is 2. The van der Waals surface area contributed by atoms with Crippen molar-refractivity contribution in [1.82, 2.24) is 14.7 Å². The van der Waals surface area contributed by atoms with Crippen molar-refractivity contribution in [1.29, 1.82) is 0 Å². The van der Waals surface area contributed by atoms with E-state index in [-0.39, 0.29) is 24.3 Å². The van der Waals surface area contributed by atoms with Crippen molar-refractivity contribution in [2.24, 2.45) is 5.92 Å². The first kappa shape index (κ1) is 28.2. The lowest BCUT2D eigenvalue weighted by atomic mass is 9.81. The van der Waals surface area contributed by atoms with Crippen molar-refractivity contribution >= 4 is 17.6 Å². The molecule has 8 nitrogen and oxygen atoms in total. The zero-order valence-corrected chi connectivity index (χ0v) is 23.5. The second kappa shape index (κ2) is 13.3. The van der Waals surface area contributed by atoms with Crippen LogP contribution in [0, 0.1) is 12.8 Å². The van der Waals surface area contributed by atoms with Crippen LogP contribution in [0.4, 0.5) is 5.69 Å². The predicted octanol–water partition coefficient (Wildman–Crippen LogP) is 5.95. The van der Waals surface area contributed by atoms with Crippen LogP contribution in [-0.2, 0) is 9.53 Å². The van der Waals surface area contributed by atoms with Gasteiger partial charge in [0, 0.05) is 42.7 Å². The number of hydrogen-bond acceptors (Lipinski definition) is 6. The lowest BCUT2D eigenvalue weighted by Gasteiger charge is -2.31. The molecule has 1 amide bonds. The number of hydrogen-bond donors (Lipinski definition) is 1. The summed E-state index contributed by atoms with van der Waals surface area (Å²) < 4.78 is 12.3. The highest BCUT2D eigenvalue weighted by Crippen LogP contribution is 2.38. The van der Waals surface area contributed by atoms with Crippen molar-refractivity contribution in [3.63, 3.8) is 0 Å². The van der Waals surface area contributed by atoms with E-state index in [9.17, 15) is 9.59 Å². The maximum Gasteiger partial charge on any atom is 0.307 e. The van der Waals surface area contributed by atoms with Crippen molar-refractivity contribution < 1.29 is 19.1 Å². The Balaban J connectivity index is 1.51. The summed E-state index contributed by atoms with van der Waals surface area (Å²) in [6, 6.07) is 15.6. The Morgan fingerprint density at radius 2 is 1.87 bits per heavy atom. The fourth-order valence-corrected chi connectivity index (χ4v) is 5.28. The average molecular weight is 533 g/mol. The minimum Gasteiger partial charge on any atom is -0.497 e. The number of anilines is 1. The minimum atomic E-state index is -0.296. The first-order chi connectivity index (χ1) is 18.9. The maximum atomic E-state index is 12.9. The molecule has 0 aliphatic heterocycles. The third kappa shape index (κ3) is 7.19. The van der Waals surface area contributed by atoms with Gasteiger partial charge in [-0.1, -0.05) is 25.3 Å². The highest BCUT2D eigenvalue weighted by Gasteiger charge is 2.28. The molecule has 1 aliphatic carbocycles. The molecule has 0 bridgehead atoms. The van der Waals surface area contributed by atoms with Crippen LogP contribution in [0.25, 0.3) is 5.69 Å². The van der Waals surface area contributed by atoms with Crippen molar-refractivity contribution in [2.75, 3.05) is 32.6 Å². The maximum absolute atomic E-state index is 12.9. The van der Waals surface area contributed by atoms with Crippen molar-refractivity contribution in [3.8, 4) is 11.4 Å². The highest BCUT2D eigenvalue weighted by atomic mass is 16.5.